The first-order chi connectivity index (χ1) is 8.99. The first kappa shape index (κ1) is 15.2. The topological polar surface area (TPSA) is 58.6 Å². The number of likely N-dealkylation sites (N-methyl/N-ethyl adjacent to an activating group) is 1. The Balaban J connectivity index is 2.68. The molecule has 0 spiro atoms. The van der Waals surface area contributed by atoms with Crippen molar-refractivity contribution in [3.8, 4) is 0 Å². The van der Waals surface area contributed by atoms with Crippen LogP contribution in [0.1, 0.15) is 22.8 Å². The van der Waals surface area contributed by atoms with Crippen molar-refractivity contribution < 1.29 is 14.3 Å². The van der Waals surface area contributed by atoms with Gasteiger partial charge in [-0.2, -0.15) is 0 Å². The molecule has 0 saturated carbocycles. The lowest BCUT2D eigenvalue weighted by Crippen LogP contribution is -2.35. The van der Waals surface area contributed by atoms with E-state index in [1.807, 2.05) is 12.1 Å². The zero-order valence-electron chi connectivity index (χ0n) is 11.8. The van der Waals surface area contributed by atoms with Gasteiger partial charge in [0.25, 0.3) is 11.8 Å². The van der Waals surface area contributed by atoms with Gasteiger partial charge in [-0.05, 0) is 24.6 Å². The van der Waals surface area contributed by atoms with Gasteiger partial charge in [0.15, 0.2) is 0 Å². The Hall–Kier alpha value is -1.88. The highest BCUT2D eigenvalue weighted by atomic mass is 16.5. The third-order valence-electron chi connectivity index (χ3n) is 2.94. The second kappa shape index (κ2) is 6.89. The lowest BCUT2D eigenvalue weighted by Gasteiger charge is -2.20. The Morgan fingerprint density at radius 2 is 1.89 bits per heavy atom. The molecule has 104 valence electrons. The normalized spacial score (nSPS) is 11.8. The van der Waals surface area contributed by atoms with E-state index in [9.17, 15) is 9.59 Å². The van der Waals surface area contributed by atoms with Gasteiger partial charge in [0.05, 0.1) is 0 Å². The van der Waals surface area contributed by atoms with Crippen molar-refractivity contribution in [2.75, 3.05) is 21.2 Å². The van der Waals surface area contributed by atoms with E-state index in [1.54, 1.807) is 38.1 Å². The maximum Gasteiger partial charge on any atom is 0.251 e. The fraction of sp³-hybridized carbons (Fsp3) is 0.429. The average Bonchev–Trinajstić information content (AvgIpc) is 2.45. The first-order valence-electron chi connectivity index (χ1n) is 6.08. The molecule has 1 aromatic carbocycles. The van der Waals surface area contributed by atoms with Crippen molar-refractivity contribution in [2.45, 2.75) is 19.6 Å². The number of nitrogens with one attached hydrogen (secondary N) is 1. The van der Waals surface area contributed by atoms with Crippen molar-refractivity contribution >= 4 is 11.8 Å². The maximum atomic E-state index is 11.8. The van der Waals surface area contributed by atoms with Gasteiger partial charge in [-0.3, -0.25) is 9.59 Å². The fourth-order valence-corrected chi connectivity index (χ4v) is 1.67. The van der Waals surface area contributed by atoms with Gasteiger partial charge in [-0.1, -0.05) is 12.1 Å². The molecular formula is C14H20N2O3. The van der Waals surface area contributed by atoms with Crippen LogP contribution in [0.2, 0.25) is 0 Å². The Bertz CT molecular complexity index is 443. The molecule has 1 aromatic rings. The van der Waals surface area contributed by atoms with Crippen LogP contribution in [-0.2, 0) is 16.1 Å². The Labute approximate surface area is 113 Å². The second-order valence-corrected chi connectivity index (χ2v) is 4.35. The molecule has 5 heteroatoms. The molecule has 19 heavy (non-hydrogen) atoms. The highest BCUT2D eigenvalue weighted by Crippen LogP contribution is 2.08. The number of rotatable bonds is 5. The minimum atomic E-state index is -0.449. The van der Waals surface area contributed by atoms with Crippen LogP contribution >= 0.6 is 0 Å². The van der Waals surface area contributed by atoms with Gasteiger partial charge in [0.1, 0.15) is 6.10 Å². The molecule has 2 amide bonds. The van der Waals surface area contributed by atoms with Crippen molar-refractivity contribution in [3.63, 3.8) is 0 Å². The first-order valence-corrected chi connectivity index (χ1v) is 6.08. The number of benzene rings is 1. The number of carbonyl (C=O) groups excluding carboxylic acids is 2. The number of ether oxygens (including phenoxy) is 1. The number of nitrogens with zero attached hydrogens (tertiary/aromatic N) is 1. The minimum absolute atomic E-state index is 0.0714. The summed E-state index contributed by atoms with van der Waals surface area (Å²) in [5.41, 5.74) is 1.57. The van der Waals surface area contributed by atoms with E-state index in [2.05, 4.69) is 5.32 Å². The zero-order valence-corrected chi connectivity index (χ0v) is 11.8. The summed E-state index contributed by atoms with van der Waals surface area (Å²) in [7, 11) is 4.83. The smallest absolute Gasteiger partial charge is 0.251 e. The summed E-state index contributed by atoms with van der Waals surface area (Å²) < 4.78 is 4.99. The maximum absolute atomic E-state index is 11.8. The summed E-state index contributed by atoms with van der Waals surface area (Å²) in [6.07, 6.45) is -0.449. The summed E-state index contributed by atoms with van der Waals surface area (Å²) in [5.74, 6) is -0.193. The number of carbonyl (C=O) groups is 2. The molecule has 1 rings (SSSR count). The van der Waals surface area contributed by atoms with Crippen LogP contribution in [0.25, 0.3) is 0 Å². The molecule has 0 aliphatic carbocycles. The lowest BCUT2D eigenvalue weighted by atomic mass is 10.1. The second-order valence-electron chi connectivity index (χ2n) is 4.35. The molecule has 5 nitrogen and oxygen atoms in total. The molecular weight excluding hydrogens is 244 g/mol. The SMILES string of the molecule is CNC(=O)c1ccc(CN(C)C(=O)[C@H](C)OC)cc1. The van der Waals surface area contributed by atoms with Gasteiger partial charge < -0.3 is 15.0 Å². The molecule has 0 aliphatic rings. The van der Waals surface area contributed by atoms with E-state index >= 15 is 0 Å². The minimum Gasteiger partial charge on any atom is -0.372 e. The van der Waals surface area contributed by atoms with Crippen molar-refractivity contribution in [2.24, 2.45) is 0 Å². The number of hydrogen-bond acceptors (Lipinski definition) is 3. The molecule has 0 unspecified atom stereocenters. The number of methoxy groups -OCH3 is 1. The van der Waals surface area contributed by atoms with Crippen molar-refractivity contribution in [1.82, 2.24) is 10.2 Å². The zero-order chi connectivity index (χ0) is 14.4. The third kappa shape index (κ3) is 4.06. The summed E-state index contributed by atoms with van der Waals surface area (Å²) in [6, 6.07) is 7.16. The van der Waals surface area contributed by atoms with E-state index in [1.165, 1.54) is 7.11 Å². The van der Waals surface area contributed by atoms with Crippen molar-refractivity contribution in [3.05, 3.63) is 35.4 Å². The van der Waals surface area contributed by atoms with Gasteiger partial charge in [-0.25, -0.2) is 0 Å². The Morgan fingerprint density at radius 3 is 2.37 bits per heavy atom. The van der Waals surface area contributed by atoms with E-state index in [0.717, 1.165) is 5.56 Å². The third-order valence-corrected chi connectivity index (χ3v) is 2.94. The van der Waals surface area contributed by atoms with Gasteiger partial charge >= 0.3 is 0 Å². The molecule has 1 atom stereocenters. The Morgan fingerprint density at radius 1 is 1.32 bits per heavy atom. The fourth-order valence-electron chi connectivity index (χ4n) is 1.67. The van der Waals surface area contributed by atoms with Gasteiger partial charge in [0.2, 0.25) is 0 Å². The predicted octanol–water partition coefficient (Wildman–Crippen LogP) is 1.04. The van der Waals surface area contributed by atoms with Crippen LogP contribution in [-0.4, -0.2) is 44.0 Å². The molecule has 0 saturated heterocycles. The summed E-state index contributed by atoms with van der Waals surface area (Å²) in [5, 5.41) is 2.56. The highest BCUT2D eigenvalue weighted by molar-refractivity contribution is 5.93. The van der Waals surface area contributed by atoms with E-state index in [0.29, 0.717) is 12.1 Å². The molecule has 0 aliphatic heterocycles. The average molecular weight is 264 g/mol. The van der Waals surface area contributed by atoms with Gasteiger partial charge in [-0.15, -0.1) is 0 Å². The van der Waals surface area contributed by atoms with Crippen molar-refractivity contribution in [1.29, 1.82) is 0 Å². The van der Waals surface area contributed by atoms with Crippen LogP contribution in [0.4, 0.5) is 0 Å². The van der Waals surface area contributed by atoms with E-state index in [-0.39, 0.29) is 11.8 Å². The number of hydrogen-bond donors (Lipinski definition) is 1. The standard InChI is InChI=1S/C14H20N2O3/c1-10(19-4)14(18)16(3)9-11-5-7-12(8-6-11)13(17)15-2/h5-8,10H,9H2,1-4H3,(H,15,17)/t10-/m0/s1. The van der Waals surface area contributed by atoms with Crippen LogP contribution < -0.4 is 5.32 Å². The van der Waals surface area contributed by atoms with Crippen LogP contribution in [0.5, 0.6) is 0 Å². The summed E-state index contributed by atoms with van der Waals surface area (Å²) in [6.45, 7) is 2.20. The van der Waals surface area contributed by atoms with Crippen LogP contribution in [0, 0.1) is 0 Å². The monoisotopic (exact) mass is 264 g/mol. The van der Waals surface area contributed by atoms with Crippen LogP contribution in [0.3, 0.4) is 0 Å². The quantitative estimate of drug-likeness (QED) is 0.864. The molecule has 0 fully saturated rings. The molecule has 0 bridgehead atoms. The molecule has 1 N–H and O–H groups in total. The van der Waals surface area contributed by atoms with Gasteiger partial charge in [0, 0.05) is 33.3 Å². The van der Waals surface area contributed by atoms with E-state index < -0.39 is 6.10 Å². The molecule has 0 heterocycles. The summed E-state index contributed by atoms with van der Waals surface area (Å²) in [4.78, 5) is 24.8. The van der Waals surface area contributed by atoms with E-state index in [4.69, 9.17) is 4.74 Å². The predicted molar refractivity (Wildman–Crippen MR) is 72.8 cm³/mol. The number of amides is 2. The molecule has 0 radical (unpaired) electrons. The molecule has 0 aromatic heterocycles. The lowest BCUT2D eigenvalue weighted by molar-refractivity contribution is -0.140. The van der Waals surface area contributed by atoms with Crippen LogP contribution in [0.15, 0.2) is 24.3 Å². The Kier molecular flexibility index (Phi) is 5.51. The largest absolute Gasteiger partial charge is 0.372 e. The highest BCUT2D eigenvalue weighted by Gasteiger charge is 2.16. The summed E-state index contributed by atoms with van der Waals surface area (Å²) >= 11 is 0.